The third-order valence-corrected chi connectivity index (χ3v) is 2.03. The third kappa shape index (κ3) is 9.64. The molecule has 0 bridgehead atoms. The number of hydrogen-bond acceptors (Lipinski definition) is 2. The van der Waals surface area contributed by atoms with E-state index in [1.165, 1.54) is 0 Å². The SMILES string of the molecule is O=C(O)C1(C(=O)O)CCC1.[Cl][Pt+2][Cl].[NH2-].[NH2-].[NH2-].[NH2-].[Pt+2]. The maximum absolute atomic E-state index is 10.4. The summed E-state index contributed by atoms with van der Waals surface area (Å²) < 4.78 is 0. The monoisotopic (exact) mass is 668 g/mol. The van der Waals surface area contributed by atoms with Crippen LogP contribution in [0.25, 0.3) is 24.6 Å². The molecule has 1 aliphatic carbocycles. The van der Waals surface area contributed by atoms with Gasteiger partial charge in [0.15, 0.2) is 5.41 Å². The summed E-state index contributed by atoms with van der Waals surface area (Å²) in [7, 11) is 9.75. The van der Waals surface area contributed by atoms with Gasteiger partial charge >= 0.3 is 68.3 Å². The van der Waals surface area contributed by atoms with Crippen LogP contribution in [0.5, 0.6) is 0 Å². The fourth-order valence-electron chi connectivity index (χ4n) is 1.05. The summed E-state index contributed by atoms with van der Waals surface area (Å²) in [5.74, 6) is -2.41. The van der Waals surface area contributed by atoms with Crippen LogP contribution in [0.1, 0.15) is 19.3 Å². The van der Waals surface area contributed by atoms with Gasteiger partial charge in [0.2, 0.25) is 0 Å². The van der Waals surface area contributed by atoms with Gasteiger partial charge in [0.05, 0.1) is 0 Å². The summed E-state index contributed by atoms with van der Waals surface area (Å²) in [6.45, 7) is 0. The second-order valence-electron chi connectivity index (χ2n) is 2.59. The van der Waals surface area contributed by atoms with Gasteiger partial charge in [-0.15, -0.1) is 0 Å². The zero-order valence-corrected chi connectivity index (χ0v) is 15.1. The van der Waals surface area contributed by atoms with Gasteiger partial charge in [0, 0.05) is 0 Å². The van der Waals surface area contributed by atoms with Gasteiger partial charge in [-0.2, -0.15) is 0 Å². The molecule has 0 aromatic rings. The van der Waals surface area contributed by atoms with Crippen LogP contribution in [0.3, 0.4) is 0 Å². The maximum Gasteiger partial charge on any atom is 2.00 e. The number of carboxylic acid groups (broad SMARTS) is 2. The molecule has 10 N–H and O–H groups in total. The van der Waals surface area contributed by atoms with Gasteiger partial charge < -0.3 is 34.8 Å². The van der Waals surface area contributed by atoms with E-state index < -0.39 is 33.8 Å². The number of nitrogens with two attached hydrogens (primary N) is 4. The molecule has 1 saturated carbocycles. The Kier molecular flexibility index (Phi) is 35.8. The van der Waals surface area contributed by atoms with Crippen molar-refractivity contribution in [1.82, 2.24) is 0 Å². The van der Waals surface area contributed by atoms with Crippen molar-refractivity contribution in [3.63, 3.8) is 0 Å². The van der Waals surface area contributed by atoms with Crippen LogP contribution in [0, 0.1) is 5.41 Å². The van der Waals surface area contributed by atoms with Crippen molar-refractivity contribution < 1.29 is 57.3 Å². The topological polar surface area (TPSA) is 209 Å². The molecule has 1 aliphatic rings. The van der Waals surface area contributed by atoms with Crippen molar-refractivity contribution in [2.45, 2.75) is 19.3 Å². The molecule has 1 fully saturated rings. The van der Waals surface area contributed by atoms with Crippen molar-refractivity contribution in [3.05, 3.63) is 24.6 Å². The Balaban J connectivity index is -0.0000000415. The standard InChI is InChI=1S/C6H8O4.2ClH.4H2N.2Pt/c7-4(8)6(5(9)10)2-1-3-6;;;;;;;;/h1-3H2,(H,7,8)(H,9,10);2*1H;4*1H2;;/q;;;4*-1;+2;+4/p-2. The zero-order valence-electron chi connectivity index (χ0n) is 9.03. The number of carboxylic acids is 2. The Morgan fingerprint density at radius 3 is 1.17 bits per heavy atom. The normalized spacial score (nSPS) is 13.0. The molecule has 118 valence electrons. The number of halogens is 2. The van der Waals surface area contributed by atoms with E-state index in [9.17, 15) is 9.59 Å². The Hall–Kier alpha value is 0.737. The van der Waals surface area contributed by atoms with Gasteiger partial charge in [-0.3, -0.25) is 9.59 Å². The van der Waals surface area contributed by atoms with E-state index in [0.717, 1.165) is 0 Å². The van der Waals surface area contributed by atoms with E-state index in [1.807, 2.05) is 0 Å². The molecular weight excluding hydrogens is 653 g/mol. The molecule has 0 spiro atoms. The molecule has 0 saturated heterocycles. The summed E-state index contributed by atoms with van der Waals surface area (Å²) in [6, 6.07) is 0. The molecule has 0 aromatic heterocycles. The Morgan fingerprint density at radius 1 is 0.944 bits per heavy atom. The fourth-order valence-corrected chi connectivity index (χ4v) is 1.05. The van der Waals surface area contributed by atoms with Crippen molar-refractivity contribution in [2.75, 3.05) is 0 Å². The molecule has 12 heteroatoms. The van der Waals surface area contributed by atoms with Crippen LogP contribution in [0.2, 0.25) is 0 Å². The average Bonchev–Trinajstić information content (AvgIpc) is 1.82. The minimum Gasteiger partial charge on any atom is -0.693 e. The quantitative estimate of drug-likeness (QED) is 0.405. The molecule has 8 nitrogen and oxygen atoms in total. The summed E-state index contributed by atoms with van der Waals surface area (Å²) in [6.07, 6.45) is 1.26. The van der Waals surface area contributed by atoms with E-state index >= 15 is 0 Å². The van der Waals surface area contributed by atoms with E-state index in [1.54, 1.807) is 0 Å². The first kappa shape index (κ1) is 36.3. The molecule has 0 amide bonds. The number of carbonyl (C=O) groups is 2. The van der Waals surface area contributed by atoms with E-state index in [4.69, 9.17) is 29.0 Å². The van der Waals surface area contributed by atoms with Crippen molar-refractivity contribution >= 4 is 30.8 Å². The molecule has 1 rings (SSSR count). The smallest absolute Gasteiger partial charge is 0.693 e. The summed E-state index contributed by atoms with van der Waals surface area (Å²) in [5.41, 5.74) is -1.44. The fraction of sp³-hybridized carbons (Fsp3) is 0.667. The van der Waals surface area contributed by atoms with E-state index in [0.29, 0.717) is 6.42 Å². The predicted octanol–water partition coefficient (Wildman–Crippen LogP) is 4.57. The van der Waals surface area contributed by atoms with Crippen LogP contribution in [0.15, 0.2) is 0 Å². The van der Waals surface area contributed by atoms with E-state index in [2.05, 4.69) is 0 Å². The van der Waals surface area contributed by atoms with E-state index in [-0.39, 0.29) is 58.5 Å². The van der Waals surface area contributed by atoms with Crippen molar-refractivity contribution in [2.24, 2.45) is 5.41 Å². The van der Waals surface area contributed by atoms with Crippen LogP contribution < -0.4 is 0 Å². The predicted molar refractivity (Wildman–Crippen MR) is 64.4 cm³/mol. The van der Waals surface area contributed by atoms with Crippen molar-refractivity contribution in [1.29, 1.82) is 0 Å². The molecule has 0 atom stereocenters. The Morgan fingerprint density at radius 2 is 1.17 bits per heavy atom. The second kappa shape index (κ2) is 17.7. The molecule has 0 heterocycles. The van der Waals surface area contributed by atoms with Gasteiger partial charge in [-0.1, -0.05) is 0 Å². The first-order valence-corrected chi connectivity index (χ1v) is 8.93. The first-order valence-electron chi connectivity index (χ1n) is 3.30. The number of hydrogen-bond donors (Lipinski definition) is 2. The molecule has 0 aromatic carbocycles. The molecule has 0 aliphatic heterocycles. The third-order valence-electron chi connectivity index (χ3n) is 2.03. The van der Waals surface area contributed by atoms with Crippen molar-refractivity contribution in [3.8, 4) is 0 Å². The number of rotatable bonds is 2. The van der Waals surface area contributed by atoms with Crippen LogP contribution >= 0.6 is 18.8 Å². The Bertz CT molecular complexity index is 206. The summed E-state index contributed by atoms with van der Waals surface area (Å²) in [4.78, 5) is 20.7. The number of aliphatic carboxylic acids is 2. The maximum atomic E-state index is 10.4. The van der Waals surface area contributed by atoms with Gasteiger partial charge in [-0.25, -0.2) is 0 Å². The zero-order chi connectivity index (χ0) is 10.5. The molecule has 0 radical (unpaired) electrons. The van der Waals surface area contributed by atoms with Gasteiger partial charge in [0.1, 0.15) is 0 Å². The van der Waals surface area contributed by atoms with Crippen LogP contribution in [-0.2, 0) is 47.1 Å². The average molecular weight is 669 g/mol. The first-order chi connectivity index (χ1) is 6.01. The van der Waals surface area contributed by atoms with Gasteiger partial charge in [-0.05, 0) is 19.3 Å². The van der Waals surface area contributed by atoms with Crippen LogP contribution in [0.4, 0.5) is 0 Å². The van der Waals surface area contributed by atoms with Gasteiger partial charge in [0.25, 0.3) is 0 Å². The largest absolute Gasteiger partial charge is 2.00 e. The second-order valence-corrected chi connectivity index (χ2v) is 5.87. The minimum atomic E-state index is -1.44. The molecular formula is C6H16Cl2N4O4Pt2. The Labute approximate surface area is 137 Å². The summed E-state index contributed by atoms with van der Waals surface area (Å²) in [5, 5.41) is 16.9. The molecule has 18 heavy (non-hydrogen) atoms. The summed E-state index contributed by atoms with van der Waals surface area (Å²) >= 11 is -0.472. The minimum absolute atomic E-state index is 0. The molecule has 0 unspecified atom stereocenters. The van der Waals surface area contributed by atoms with Crippen LogP contribution in [-0.4, -0.2) is 22.2 Å².